The van der Waals surface area contributed by atoms with Crippen LogP contribution in [0.2, 0.25) is 0 Å². The Bertz CT molecular complexity index is 213. The molecule has 0 aromatic heterocycles. The molecule has 0 spiro atoms. The molecule has 0 aliphatic carbocycles. The predicted molar refractivity (Wildman–Crippen MR) is 77.8 cm³/mol. The Morgan fingerprint density at radius 3 is 2.67 bits per heavy atom. The van der Waals surface area contributed by atoms with Crippen molar-refractivity contribution in [1.82, 2.24) is 4.90 Å². The van der Waals surface area contributed by atoms with Crippen molar-refractivity contribution in [3.63, 3.8) is 0 Å². The van der Waals surface area contributed by atoms with Gasteiger partial charge < -0.3 is 15.4 Å². The summed E-state index contributed by atoms with van der Waals surface area (Å²) in [6.45, 7) is 12.1. The molecular formula is C15H32N2O. The van der Waals surface area contributed by atoms with E-state index in [-0.39, 0.29) is 0 Å². The second-order valence-electron chi connectivity index (χ2n) is 6.33. The third kappa shape index (κ3) is 6.17. The normalized spacial score (nSPS) is 20.8. The number of nitrogens with two attached hydrogens (primary N) is 1. The topological polar surface area (TPSA) is 38.5 Å². The number of nitrogens with zero attached hydrogens (tertiary/aromatic N) is 1. The lowest BCUT2D eigenvalue weighted by Gasteiger charge is -2.27. The third-order valence-electron chi connectivity index (χ3n) is 4.08. The van der Waals surface area contributed by atoms with Gasteiger partial charge in [-0.25, -0.2) is 0 Å². The van der Waals surface area contributed by atoms with E-state index in [1.807, 2.05) is 0 Å². The van der Waals surface area contributed by atoms with Gasteiger partial charge in [-0.05, 0) is 57.2 Å². The number of likely N-dealkylation sites (N-methyl/N-ethyl adjacent to an activating group) is 1. The van der Waals surface area contributed by atoms with Gasteiger partial charge in [-0.15, -0.1) is 0 Å². The van der Waals surface area contributed by atoms with Gasteiger partial charge >= 0.3 is 0 Å². The zero-order valence-electron chi connectivity index (χ0n) is 12.6. The molecule has 3 nitrogen and oxygen atoms in total. The fraction of sp³-hybridized carbons (Fsp3) is 1.00. The van der Waals surface area contributed by atoms with Crippen LogP contribution >= 0.6 is 0 Å². The van der Waals surface area contributed by atoms with Gasteiger partial charge in [-0.3, -0.25) is 0 Å². The smallest absolute Gasteiger partial charge is 0.0702 e. The van der Waals surface area contributed by atoms with Crippen molar-refractivity contribution in [3.05, 3.63) is 0 Å². The molecule has 1 fully saturated rings. The molecule has 1 saturated heterocycles. The molecular weight excluding hydrogens is 224 g/mol. The van der Waals surface area contributed by atoms with Gasteiger partial charge in [-0.2, -0.15) is 0 Å². The van der Waals surface area contributed by atoms with Crippen LogP contribution in [-0.4, -0.2) is 43.8 Å². The molecule has 18 heavy (non-hydrogen) atoms. The monoisotopic (exact) mass is 256 g/mol. The first-order valence-corrected chi connectivity index (χ1v) is 7.61. The molecule has 0 radical (unpaired) electrons. The second-order valence-corrected chi connectivity index (χ2v) is 6.33. The first kappa shape index (κ1) is 15.9. The molecule has 0 saturated carbocycles. The average molecular weight is 256 g/mol. The highest BCUT2D eigenvalue weighted by Gasteiger charge is 2.20. The predicted octanol–water partition coefficient (Wildman–Crippen LogP) is 2.64. The van der Waals surface area contributed by atoms with Crippen molar-refractivity contribution >= 4 is 0 Å². The van der Waals surface area contributed by atoms with Crippen LogP contribution in [0.25, 0.3) is 0 Å². The molecule has 1 heterocycles. The van der Waals surface area contributed by atoms with E-state index in [0.717, 1.165) is 32.7 Å². The molecule has 1 rings (SSSR count). The number of hydrogen-bond donors (Lipinski definition) is 1. The molecule has 2 N–H and O–H groups in total. The van der Waals surface area contributed by atoms with Crippen LogP contribution in [0.1, 0.15) is 52.9 Å². The first-order chi connectivity index (χ1) is 8.57. The SMILES string of the molecule is CCN(CCCC(C)(C)CCN)CC1CCCO1. The average Bonchev–Trinajstić information content (AvgIpc) is 2.80. The Hall–Kier alpha value is -0.120. The van der Waals surface area contributed by atoms with E-state index in [1.165, 1.54) is 32.2 Å². The summed E-state index contributed by atoms with van der Waals surface area (Å²) < 4.78 is 5.71. The maximum absolute atomic E-state index is 5.71. The summed E-state index contributed by atoms with van der Waals surface area (Å²) in [7, 11) is 0. The third-order valence-corrected chi connectivity index (χ3v) is 4.08. The van der Waals surface area contributed by atoms with Crippen molar-refractivity contribution < 1.29 is 4.74 Å². The van der Waals surface area contributed by atoms with Gasteiger partial charge in [0.15, 0.2) is 0 Å². The van der Waals surface area contributed by atoms with Gasteiger partial charge in [0, 0.05) is 13.2 Å². The fourth-order valence-electron chi connectivity index (χ4n) is 2.75. The Morgan fingerprint density at radius 1 is 1.33 bits per heavy atom. The van der Waals surface area contributed by atoms with E-state index in [1.54, 1.807) is 0 Å². The van der Waals surface area contributed by atoms with E-state index in [9.17, 15) is 0 Å². The zero-order chi connectivity index (χ0) is 13.4. The van der Waals surface area contributed by atoms with Crippen LogP contribution in [0, 0.1) is 5.41 Å². The minimum absolute atomic E-state index is 0.401. The minimum atomic E-state index is 0.401. The van der Waals surface area contributed by atoms with Gasteiger partial charge in [-0.1, -0.05) is 20.8 Å². The number of rotatable bonds is 9. The number of hydrogen-bond acceptors (Lipinski definition) is 3. The van der Waals surface area contributed by atoms with Crippen molar-refractivity contribution in [2.24, 2.45) is 11.1 Å². The summed E-state index contributed by atoms with van der Waals surface area (Å²) in [4.78, 5) is 2.54. The summed E-state index contributed by atoms with van der Waals surface area (Å²) in [5.41, 5.74) is 6.06. The highest BCUT2D eigenvalue weighted by molar-refractivity contribution is 4.73. The van der Waals surface area contributed by atoms with Crippen LogP contribution in [-0.2, 0) is 4.74 Å². The lowest BCUT2D eigenvalue weighted by atomic mass is 9.84. The Morgan fingerprint density at radius 2 is 2.11 bits per heavy atom. The summed E-state index contributed by atoms with van der Waals surface area (Å²) >= 11 is 0. The fourth-order valence-corrected chi connectivity index (χ4v) is 2.75. The van der Waals surface area contributed by atoms with E-state index in [2.05, 4.69) is 25.7 Å². The highest BCUT2D eigenvalue weighted by atomic mass is 16.5. The zero-order valence-corrected chi connectivity index (χ0v) is 12.6. The lowest BCUT2D eigenvalue weighted by molar-refractivity contribution is 0.0731. The summed E-state index contributed by atoms with van der Waals surface area (Å²) in [5, 5.41) is 0. The van der Waals surface area contributed by atoms with Crippen molar-refractivity contribution in [2.45, 2.75) is 59.0 Å². The Labute approximate surface area is 113 Å². The first-order valence-electron chi connectivity index (χ1n) is 7.61. The van der Waals surface area contributed by atoms with Crippen LogP contribution in [0.5, 0.6) is 0 Å². The molecule has 0 bridgehead atoms. The minimum Gasteiger partial charge on any atom is -0.377 e. The molecule has 108 valence electrons. The molecule has 0 aromatic carbocycles. The lowest BCUT2D eigenvalue weighted by Crippen LogP contribution is -2.33. The Kier molecular flexibility index (Phi) is 7.20. The molecule has 1 unspecified atom stereocenters. The largest absolute Gasteiger partial charge is 0.377 e. The Balaban J connectivity index is 2.18. The maximum atomic E-state index is 5.71. The van der Waals surface area contributed by atoms with Crippen LogP contribution < -0.4 is 5.73 Å². The van der Waals surface area contributed by atoms with Crippen LogP contribution in [0.4, 0.5) is 0 Å². The van der Waals surface area contributed by atoms with E-state index >= 15 is 0 Å². The van der Waals surface area contributed by atoms with Crippen molar-refractivity contribution in [3.8, 4) is 0 Å². The molecule has 1 atom stereocenters. The van der Waals surface area contributed by atoms with Crippen LogP contribution in [0.15, 0.2) is 0 Å². The van der Waals surface area contributed by atoms with Gasteiger partial charge in [0.2, 0.25) is 0 Å². The van der Waals surface area contributed by atoms with E-state index < -0.39 is 0 Å². The molecule has 0 amide bonds. The molecule has 1 aliphatic heterocycles. The number of ether oxygens (including phenoxy) is 1. The van der Waals surface area contributed by atoms with E-state index in [0.29, 0.717) is 11.5 Å². The van der Waals surface area contributed by atoms with Gasteiger partial charge in [0.05, 0.1) is 6.10 Å². The summed E-state index contributed by atoms with van der Waals surface area (Å²) in [6.07, 6.45) is 6.65. The van der Waals surface area contributed by atoms with Gasteiger partial charge in [0.1, 0.15) is 0 Å². The summed E-state index contributed by atoms with van der Waals surface area (Å²) in [5.74, 6) is 0. The standard InChI is InChI=1S/C15H32N2O/c1-4-17(13-14-7-5-12-18-14)11-6-8-15(2,3)9-10-16/h14H,4-13,16H2,1-3H3. The van der Waals surface area contributed by atoms with Crippen LogP contribution in [0.3, 0.4) is 0 Å². The second kappa shape index (κ2) is 8.13. The molecule has 3 heteroatoms. The van der Waals surface area contributed by atoms with E-state index in [4.69, 9.17) is 10.5 Å². The highest BCUT2D eigenvalue weighted by Crippen LogP contribution is 2.26. The van der Waals surface area contributed by atoms with Crippen molar-refractivity contribution in [1.29, 1.82) is 0 Å². The molecule has 1 aliphatic rings. The summed E-state index contributed by atoms with van der Waals surface area (Å²) in [6, 6.07) is 0. The maximum Gasteiger partial charge on any atom is 0.0702 e. The quantitative estimate of drug-likeness (QED) is 0.689. The van der Waals surface area contributed by atoms with Crippen molar-refractivity contribution in [2.75, 3.05) is 32.8 Å². The molecule has 0 aromatic rings. The van der Waals surface area contributed by atoms with Gasteiger partial charge in [0.25, 0.3) is 0 Å².